The zero-order valence-corrected chi connectivity index (χ0v) is 14.2. The van der Waals surface area contributed by atoms with E-state index in [-0.39, 0.29) is 10.3 Å². The molecule has 0 saturated carbocycles. The lowest BCUT2D eigenvalue weighted by molar-refractivity contribution is 0.557. The summed E-state index contributed by atoms with van der Waals surface area (Å²) in [5.74, 6) is 0.664. The van der Waals surface area contributed by atoms with Gasteiger partial charge in [-0.15, -0.1) is 0 Å². The Morgan fingerprint density at radius 1 is 1.13 bits per heavy atom. The van der Waals surface area contributed by atoms with Crippen molar-refractivity contribution in [3.05, 3.63) is 60.1 Å². The third kappa shape index (κ3) is 4.82. The molecule has 0 aliphatic carbocycles. The van der Waals surface area contributed by atoms with E-state index in [1.807, 2.05) is 12.1 Å². The number of benzene rings is 1. The van der Waals surface area contributed by atoms with E-state index in [2.05, 4.69) is 30.7 Å². The normalized spacial score (nSPS) is 13.0. The highest BCUT2D eigenvalue weighted by Gasteiger charge is 2.16. The van der Waals surface area contributed by atoms with Gasteiger partial charge in [0.1, 0.15) is 5.76 Å². The number of hydrogen-bond donors (Lipinski definition) is 1. The van der Waals surface area contributed by atoms with Gasteiger partial charge in [0.15, 0.2) is 0 Å². The third-order valence-electron chi connectivity index (χ3n) is 3.17. The molecule has 1 aromatic heterocycles. The summed E-state index contributed by atoms with van der Waals surface area (Å²) in [5, 5.41) is 3.70. The first kappa shape index (κ1) is 17.0. The molecular formula is C17H20N2O3S. The lowest BCUT2D eigenvalue weighted by atomic mass is 9.87. The van der Waals surface area contributed by atoms with Crippen molar-refractivity contribution in [2.75, 3.05) is 0 Å². The Bertz CT molecular complexity index is 781. The summed E-state index contributed by atoms with van der Waals surface area (Å²) in [6, 6.07) is 10.3. The second-order valence-corrected chi connectivity index (χ2v) is 7.68. The van der Waals surface area contributed by atoms with E-state index < -0.39 is 10.0 Å². The number of sulfonamides is 1. The zero-order chi connectivity index (χ0) is 16.9. The minimum Gasteiger partial charge on any atom is -0.465 e. The quantitative estimate of drug-likeness (QED) is 0.672. The molecule has 0 aliphatic rings. The molecule has 1 heterocycles. The van der Waals surface area contributed by atoms with Crippen molar-refractivity contribution in [2.24, 2.45) is 5.10 Å². The maximum Gasteiger partial charge on any atom is 0.276 e. The molecule has 6 heteroatoms. The smallest absolute Gasteiger partial charge is 0.276 e. The number of allylic oxidation sites excluding steroid dienone is 1. The summed E-state index contributed by atoms with van der Waals surface area (Å²) < 4.78 is 29.3. The molecule has 23 heavy (non-hydrogen) atoms. The van der Waals surface area contributed by atoms with Crippen LogP contribution < -0.4 is 4.83 Å². The van der Waals surface area contributed by atoms with Crippen LogP contribution in [0.25, 0.3) is 6.08 Å². The van der Waals surface area contributed by atoms with Crippen molar-refractivity contribution in [3.8, 4) is 0 Å². The SMILES string of the molecule is CC(C)(C)c1ccc(S(=O)(=O)N/N=C\C=C\c2ccco2)cc1. The Hall–Kier alpha value is -2.34. The molecule has 0 fully saturated rings. The van der Waals surface area contributed by atoms with Gasteiger partial charge >= 0.3 is 0 Å². The predicted molar refractivity (Wildman–Crippen MR) is 91.7 cm³/mol. The fourth-order valence-electron chi connectivity index (χ4n) is 1.85. The molecule has 122 valence electrons. The lowest BCUT2D eigenvalue weighted by Crippen LogP contribution is -2.18. The number of hydrazone groups is 1. The largest absolute Gasteiger partial charge is 0.465 e. The van der Waals surface area contributed by atoms with Crippen LogP contribution in [0.1, 0.15) is 32.1 Å². The topological polar surface area (TPSA) is 71.7 Å². The molecule has 1 aromatic carbocycles. The van der Waals surface area contributed by atoms with Crippen molar-refractivity contribution in [1.82, 2.24) is 4.83 Å². The molecule has 2 aromatic rings. The first-order valence-corrected chi connectivity index (χ1v) is 8.63. The first-order valence-electron chi connectivity index (χ1n) is 7.15. The molecule has 0 amide bonds. The van der Waals surface area contributed by atoms with Crippen LogP contribution in [0.4, 0.5) is 0 Å². The second kappa shape index (κ2) is 6.83. The molecule has 0 unspecified atom stereocenters. The average Bonchev–Trinajstić information content (AvgIpc) is 2.99. The van der Waals surface area contributed by atoms with Crippen molar-refractivity contribution in [1.29, 1.82) is 0 Å². The van der Waals surface area contributed by atoms with Gasteiger partial charge in [0, 0.05) is 6.21 Å². The molecule has 5 nitrogen and oxygen atoms in total. The fraction of sp³-hybridized carbons (Fsp3) is 0.235. The molecule has 1 N–H and O–H groups in total. The van der Waals surface area contributed by atoms with Crippen molar-refractivity contribution in [2.45, 2.75) is 31.1 Å². The van der Waals surface area contributed by atoms with Crippen LogP contribution in [-0.2, 0) is 15.4 Å². The van der Waals surface area contributed by atoms with Gasteiger partial charge in [-0.1, -0.05) is 32.9 Å². The van der Waals surface area contributed by atoms with E-state index >= 15 is 0 Å². The van der Waals surface area contributed by atoms with Gasteiger partial charge in [-0.3, -0.25) is 0 Å². The van der Waals surface area contributed by atoms with E-state index in [0.29, 0.717) is 5.76 Å². The van der Waals surface area contributed by atoms with Crippen molar-refractivity contribution >= 4 is 22.3 Å². The number of furan rings is 1. The Kier molecular flexibility index (Phi) is 5.05. The summed E-state index contributed by atoms with van der Waals surface area (Å²) in [4.78, 5) is 2.35. The van der Waals surface area contributed by atoms with Crippen LogP contribution >= 0.6 is 0 Å². The Balaban J connectivity index is 2.01. The molecular weight excluding hydrogens is 312 g/mol. The first-order chi connectivity index (χ1) is 10.8. The summed E-state index contributed by atoms with van der Waals surface area (Å²) in [7, 11) is -3.66. The number of nitrogens with zero attached hydrogens (tertiary/aromatic N) is 1. The summed E-state index contributed by atoms with van der Waals surface area (Å²) in [6.45, 7) is 6.22. The lowest BCUT2D eigenvalue weighted by Gasteiger charge is -2.19. The van der Waals surface area contributed by atoms with E-state index in [0.717, 1.165) is 5.56 Å². The molecule has 0 aliphatic heterocycles. The van der Waals surface area contributed by atoms with Crippen LogP contribution in [-0.4, -0.2) is 14.6 Å². The van der Waals surface area contributed by atoms with E-state index in [4.69, 9.17) is 4.42 Å². The summed E-state index contributed by atoms with van der Waals surface area (Å²) >= 11 is 0. The highest BCUT2D eigenvalue weighted by atomic mass is 32.2. The standard InChI is InChI=1S/C17H20N2O3S/c1-17(2,3)14-8-10-16(11-9-14)23(20,21)19-18-12-4-6-15-7-5-13-22-15/h4-13,19H,1-3H3/b6-4+,18-12-. The van der Waals surface area contributed by atoms with Gasteiger partial charge in [-0.25, -0.2) is 4.83 Å². The van der Waals surface area contributed by atoms with Gasteiger partial charge in [0.25, 0.3) is 10.0 Å². The maximum atomic E-state index is 12.1. The molecule has 2 rings (SSSR count). The van der Waals surface area contributed by atoms with Crippen molar-refractivity contribution in [3.63, 3.8) is 0 Å². The second-order valence-electron chi connectivity index (χ2n) is 6.02. The van der Waals surface area contributed by atoms with Crippen LogP contribution in [0.3, 0.4) is 0 Å². The number of hydrogen-bond acceptors (Lipinski definition) is 4. The van der Waals surface area contributed by atoms with Gasteiger partial charge in [0.2, 0.25) is 0 Å². The van der Waals surface area contributed by atoms with Crippen LogP contribution in [0.5, 0.6) is 0 Å². The Morgan fingerprint density at radius 2 is 1.83 bits per heavy atom. The summed E-state index contributed by atoms with van der Waals surface area (Å²) in [6.07, 6.45) is 6.17. The van der Waals surface area contributed by atoms with E-state index in [9.17, 15) is 8.42 Å². The minimum atomic E-state index is -3.66. The van der Waals surface area contributed by atoms with Gasteiger partial charge in [-0.05, 0) is 47.4 Å². The Morgan fingerprint density at radius 3 is 2.39 bits per heavy atom. The number of nitrogens with one attached hydrogen (secondary N) is 1. The van der Waals surface area contributed by atoms with E-state index in [1.54, 1.807) is 42.7 Å². The van der Waals surface area contributed by atoms with Gasteiger partial charge in [-0.2, -0.15) is 13.5 Å². The van der Waals surface area contributed by atoms with Crippen LogP contribution in [0.2, 0.25) is 0 Å². The monoisotopic (exact) mass is 332 g/mol. The highest BCUT2D eigenvalue weighted by Crippen LogP contribution is 2.23. The maximum absolute atomic E-state index is 12.1. The number of rotatable bonds is 5. The minimum absolute atomic E-state index is 0.0233. The van der Waals surface area contributed by atoms with E-state index in [1.165, 1.54) is 6.21 Å². The van der Waals surface area contributed by atoms with Crippen molar-refractivity contribution < 1.29 is 12.8 Å². The average molecular weight is 332 g/mol. The zero-order valence-electron chi connectivity index (χ0n) is 13.4. The third-order valence-corrected chi connectivity index (χ3v) is 4.41. The van der Waals surface area contributed by atoms with Gasteiger partial charge in [0.05, 0.1) is 11.2 Å². The van der Waals surface area contributed by atoms with Gasteiger partial charge < -0.3 is 4.42 Å². The molecule has 0 saturated heterocycles. The predicted octanol–water partition coefficient (Wildman–Crippen LogP) is 3.55. The molecule has 0 radical (unpaired) electrons. The Labute approximate surface area is 136 Å². The highest BCUT2D eigenvalue weighted by molar-refractivity contribution is 7.89. The summed E-state index contributed by atoms with van der Waals surface area (Å²) in [5.41, 5.74) is 1.05. The van der Waals surface area contributed by atoms with Crippen LogP contribution in [0, 0.1) is 0 Å². The molecule has 0 spiro atoms. The molecule has 0 atom stereocenters. The van der Waals surface area contributed by atoms with Crippen LogP contribution in [0.15, 0.2) is 63.2 Å². The molecule has 0 bridgehead atoms. The fourth-order valence-corrected chi connectivity index (χ4v) is 2.65.